The Bertz CT molecular complexity index is 136. The number of rotatable bonds is 8. The standard InChI is InChI=1S/C12H21Br/c1-2-3-4-5-6-7-8-9-10-11-12-13/h3-6H,2,7-12H2,1H3/b4-3-,6-5?. The summed E-state index contributed by atoms with van der Waals surface area (Å²) in [6.07, 6.45) is 16.5. The molecule has 0 aromatic heterocycles. The van der Waals surface area contributed by atoms with Crippen LogP contribution in [-0.4, -0.2) is 5.33 Å². The molecule has 0 fully saturated rings. The fourth-order valence-corrected chi connectivity index (χ4v) is 1.50. The Kier molecular flexibility index (Phi) is 11.9. The molecular formula is C12H21Br. The first-order chi connectivity index (χ1) is 6.41. The van der Waals surface area contributed by atoms with Crippen molar-refractivity contribution in [2.24, 2.45) is 0 Å². The third kappa shape index (κ3) is 12.0. The van der Waals surface area contributed by atoms with Gasteiger partial charge in [0.05, 0.1) is 0 Å². The van der Waals surface area contributed by atoms with Gasteiger partial charge in [-0.3, -0.25) is 0 Å². The fraction of sp³-hybridized carbons (Fsp3) is 0.667. The van der Waals surface area contributed by atoms with Crippen molar-refractivity contribution in [3.63, 3.8) is 0 Å². The molecule has 76 valence electrons. The van der Waals surface area contributed by atoms with Gasteiger partial charge in [0.25, 0.3) is 0 Å². The van der Waals surface area contributed by atoms with Crippen LogP contribution in [0.5, 0.6) is 0 Å². The van der Waals surface area contributed by atoms with Crippen LogP contribution in [0.25, 0.3) is 0 Å². The van der Waals surface area contributed by atoms with Gasteiger partial charge in [0.15, 0.2) is 0 Å². The molecule has 0 radical (unpaired) electrons. The van der Waals surface area contributed by atoms with E-state index in [1.165, 1.54) is 32.1 Å². The predicted molar refractivity (Wildman–Crippen MR) is 65.5 cm³/mol. The molecule has 0 unspecified atom stereocenters. The van der Waals surface area contributed by atoms with Crippen LogP contribution in [0.3, 0.4) is 0 Å². The first-order valence-corrected chi connectivity index (χ1v) is 6.41. The fourth-order valence-electron chi connectivity index (χ4n) is 1.10. The summed E-state index contributed by atoms with van der Waals surface area (Å²) in [6, 6.07) is 0. The van der Waals surface area contributed by atoms with Gasteiger partial charge in [-0.1, -0.05) is 60.0 Å². The summed E-state index contributed by atoms with van der Waals surface area (Å²) in [5.74, 6) is 0. The minimum atomic E-state index is 1.13. The molecule has 0 amide bonds. The summed E-state index contributed by atoms with van der Waals surface area (Å²) < 4.78 is 0. The van der Waals surface area contributed by atoms with E-state index in [-0.39, 0.29) is 0 Å². The summed E-state index contributed by atoms with van der Waals surface area (Å²) in [5, 5.41) is 1.15. The maximum absolute atomic E-state index is 3.44. The van der Waals surface area contributed by atoms with Gasteiger partial charge in [0.1, 0.15) is 0 Å². The predicted octanol–water partition coefficient (Wildman–Crippen LogP) is 4.85. The Hall–Kier alpha value is -0.0400. The lowest BCUT2D eigenvalue weighted by Gasteiger charge is -1.94. The lowest BCUT2D eigenvalue weighted by molar-refractivity contribution is 0.679. The highest BCUT2D eigenvalue weighted by Gasteiger charge is 1.85. The van der Waals surface area contributed by atoms with E-state index in [0.717, 1.165) is 11.8 Å². The molecule has 0 aliphatic heterocycles. The second kappa shape index (κ2) is 12.0. The molecule has 0 N–H and O–H groups in total. The molecule has 13 heavy (non-hydrogen) atoms. The molecule has 0 aromatic carbocycles. The van der Waals surface area contributed by atoms with Crippen molar-refractivity contribution in [2.75, 3.05) is 5.33 Å². The van der Waals surface area contributed by atoms with Crippen LogP contribution in [0.1, 0.15) is 45.4 Å². The van der Waals surface area contributed by atoms with Crippen molar-refractivity contribution in [2.45, 2.75) is 45.4 Å². The van der Waals surface area contributed by atoms with Gasteiger partial charge in [0.2, 0.25) is 0 Å². The molecule has 0 rings (SSSR count). The summed E-state index contributed by atoms with van der Waals surface area (Å²) in [6.45, 7) is 2.16. The van der Waals surface area contributed by atoms with Crippen LogP contribution in [0, 0.1) is 0 Å². The minimum absolute atomic E-state index is 1.13. The molecule has 0 spiro atoms. The molecule has 0 saturated carbocycles. The van der Waals surface area contributed by atoms with Crippen molar-refractivity contribution in [1.82, 2.24) is 0 Å². The quantitative estimate of drug-likeness (QED) is 0.325. The highest BCUT2D eigenvalue weighted by Crippen LogP contribution is 2.04. The van der Waals surface area contributed by atoms with Gasteiger partial charge >= 0.3 is 0 Å². The number of alkyl halides is 1. The second-order valence-corrected chi connectivity index (χ2v) is 3.95. The van der Waals surface area contributed by atoms with E-state index in [9.17, 15) is 0 Å². The molecule has 0 aromatic rings. The van der Waals surface area contributed by atoms with E-state index in [1.807, 2.05) is 0 Å². The van der Waals surface area contributed by atoms with Crippen LogP contribution in [0.15, 0.2) is 24.3 Å². The SMILES string of the molecule is CC/C=C\C=CCCCCCCBr. The average Bonchev–Trinajstić information content (AvgIpc) is 2.16. The van der Waals surface area contributed by atoms with E-state index in [2.05, 4.69) is 47.2 Å². The van der Waals surface area contributed by atoms with Crippen molar-refractivity contribution >= 4 is 15.9 Å². The highest BCUT2D eigenvalue weighted by atomic mass is 79.9. The van der Waals surface area contributed by atoms with E-state index in [1.54, 1.807) is 0 Å². The summed E-state index contributed by atoms with van der Waals surface area (Å²) in [4.78, 5) is 0. The Labute approximate surface area is 91.2 Å². The van der Waals surface area contributed by atoms with E-state index in [4.69, 9.17) is 0 Å². The van der Waals surface area contributed by atoms with Gasteiger partial charge < -0.3 is 0 Å². The molecule has 0 heterocycles. The smallest absolute Gasteiger partial charge is 0.00313 e. The molecule has 0 saturated heterocycles. The minimum Gasteiger partial charge on any atom is -0.0928 e. The molecule has 1 heteroatoms. The number of hydrogen-bond donors (Lipinski definition) is 0. The summed E-state index contributed by atoms with van der Waals surface area (Å²) in [5.41, 5.74) is 0. The van der Waals surface area contributed by atoms with Crippen LogP contribution >= 0.6 is 15.9 Å². The van der Waals surface area contributed by atoms with Crippen molar-refractivity contribution in [1.29, 1.82) is 0 Å². The largest absolute Gasteiger partial charge is 0.0928 e. The van der Waals surface area contributed by atoms with Crippen LogP contribution < -0.4 is 0 Å². The zero-order valence-electron chi connectivity index (χ0n) is 8.64. The Balaban J connectivity index is 3.06. The van der Waals surface area contributed by atoms with E-state index < -0.39 is 0 Å². The lowest BCUT2D eigenvalue weighted by atomic mass is 10.1. The number of halogens is 1. The normalized spacial score (nSPS) is 11.8. The van der Waals surface area contributed by atoms with Crippen LogP contribution in [-0.2, 0) is 0 Å². The maximum atomic E-state index is 3.44. The van der Waals surface area contributed by atoms with Gasteiger partial charge in [-0.25, -0.2) is 0 Å². The molecule has 0 aliphatic rings. The Morgan fingerprint density at radius 2 is 1.62 bits per heavy atom. The zero-order valence-corrected chi connectivity index (χ0v) is 10.2. The van der Waals surface area contributed by atoms with Gasteiger partial charge in [-0.05, 0) is 25.7 Å². The van der Waals surface area contributed by atoms with Crippen molar-refractivity contribution < 1.29 is 0 Å². The highest BCUT2D eigenvalue weighted by molar-refractivity contribution is 9.09. The second-order valence-electron chi connectivity index (χ2n) is 3.16. The number of hydrogen-bond acceptors (Lipinski definition) is 0. The average molecular weight is 245 g/mol. The van der Waals surface area contributed by atoms with Crippen molar-refractivity contribution in [3.8, 4) is 0 Å². The number of allylic oxidation sites excluding steroid dienone is 4. The van der Waals surface area contributed by atoms with Crippen molar-refractivity contribution in [3.05, 3.63) is 24.3 Å². The third-order valence-corrected chi connectivity index (χ3v) is 2.43. The van der Waals surface area contributed by atoms with Gasteiger partial charge in [0, 0.05) is 5.33 Å². The Morgan fingerprint density at radius 1 is 0.923 bits per heavy atom. The summed E-state index contributed by atoms with van der Waals surface area (Å²) in [7, 11) is 0. The van der Waals surface area contributed by atoms with E-state index in [0.29, 0.717) is 0 Å². The molecule has 0 nitrogen and oxygen atoms in total. The van der Waals surface area contributed by atoms with Crippen LogP contribution in [0.2, 0.25) is 0 Å². The van der Waals surface area contributed by atoms with E-state index >= 15 is 0 Å². The lowest BCUT2D eigenvalue weighted by Crippen LogP contribution is -1.77. The maximum Gasteiger partial charge on any atom is 0.00313 e. The molecule has 0 atom stereocenters. The first kappa shape index (κ1) is 13.0. The van der Waals surface area contributed by atoms with Gasteiger partial charge in [-0.15, -0.1) is 0 Å². The Morgan fingerprint density at radius 3 is 2.31 bits per heavy atom. The van der Waals surface area contributed by atoms with Crippen LogP contribution in [0.4, 0.5) is 0 Å². The molecular weight excluding hydrogens is 224 g/mol. The number of unbranched alkanes of at least 4 members (excludes halogenated alkanes) is 4. The monoisotopic (exact) mass is 244 g/mol. The summed E-state index contributed by atoms with van der Waals surface area (Å²) >= 11 is 3.44. The molecule has 0 aliphatic carbocycles. The molecule has 0 bridgehead atoms. The topological polar surface area (TPSA) is 0 Å². The van der Waals surface area contributed by atoms with Gasteiger partial charge in [-0.2, -0.15) is 0 Å². The third-order valence-electron chi connectivity index (χ3n) is 1.87. The first-order valence-electron chi connectivity index (χ1n) is 5.29. The zero-order chi connectivity index (χ0) is 9.78.